The molecule has 1 aromatic carbocycles. The minimum atomic E-state index is -4.53. The maximum atomic E-state index is 13.5. The molecule has 0 radical (unpaired) electrons. The summed E-state index contributed by atoms with van der Waals surface area (Å²) in [6.07, 6.45) is -2.15. The van der Waals surface area contributed by atoms with Gasteiger partial charge in [-0.3, -0.25) is 4.79 Å². The molecule has 0 bridgehead atoms. The van der Waals surface area contributed by atoms with Gasteiger partial charge in [0.25, 0.3) is 5.91 Å². The summed E-state index contributed by atoms with van der Waals surface area (Å²) >= 11 is 0. The van der Waals surface area contributed by atoms with E-state index in [0.29, 0.717) is 24.3 Å². The van der Waals surface area contributed by atoms with Crippen LogP contribution >= 0.6 is 0 Å². The van der Waals surface area contributed by atoms with Gasteiger partial charge in [0.2, 0.25) is 0 Å². The molecule has 1 amide bonds. The number of carbonyl (C=O) groups excluding carboxylic acids is 1. The first-order valence-electron chi connectivity index (χ1n) is 10.7. The van der Waals surface area contributed by atoms with Gasteiger partial charge in [-0.15, -0.1) is 0 Å². The molecule has 0 unspecified atom stereocenters. The van der Waals surface area contributed by atoms with Crippen molar-refractivity contribution in [2.75, 3.05) is 13.1 Å². The lowest BCUT2D eigenvalue weighted by Crippen LogP contribution is -2.39. The van der Waals surface area contributed by atoms with E-state index in [1.54, 1.807) is 17.0 Å². The maximum Gasteiger partial charge on any atom is 0.433 e. The van der Waals surface area contributed by atoms with Gasteiger partial charge in [0.15, 0.2) is 5.65 Å². The number of hydrogen-bond donors (Lipinski definition) is 0. The molecule has 2 aliphatic rings. The third-order valence-electron chi connectivity index (χ3n) is 6.13. The molecule has 4 heterocycles. The molecule has 6 nitrogen and oxygen atoms in total. The van der Waals surface area contributed by atoms with Gasteiger partial charge in [0, 0.05) is 42.8 Å². The number of halogens is 3. The van der Waals surface area contributed by atoms with Crippen molar-refractivity contribution in [1.82, 2.24) is 19.5 Å². The number of hydrogen-bond acceptors (Lipinski definition) is 4. The van der Waals surface area contributed by atoms with Gasteiger partial charge < -0.3 is 9.64 Å². The molecule has 2 aromatic heterocycles. The summed E-state index contributed by atoms with van der Waals surface area (Å²) in [5, 5.41) is 4.25. The number of likely N-dealkylation sites (tertiary alicyclic amines) is 1. The van der Waals surface area contributed by atoms with Crippen LogP contribution < -0.4 is 4.74 Å². The van der Waals surface area contributed by atoms with Crippen molar-refractivity contribution in [3.63, 3.8) is 0 Å². The highest BCUT2D eigenvalue weighted by molar-refractivity contribution is 5.94. The van der Waals surface area contributed by atoms with E-state index in [9.17, 15) is 18.0 Å². The quantitative estimate of drug-likeness (QED) is 0.588. The summed E-state index contributed by atoms with van der Waals surface area (Å²) in [5.74, 6) is 0.595. The number of piperidine rings is 1. The van der Waals surface area contributed by atoms with Crippen LogP contribution in [0.2, 0.25) is 0 Å². The second-order valence-corrected chi connectivity index (χ2v) is 8.67. The second kappa shape index (κ2) is 7.50. The van der Waals surface area contributed by atoms with Crippen LogP contribution in [0.5, 0.6) is 5.75 Å². The maximum absolute atomic E-state index is 13.5. The first-order valence-corrected chi connectivity index (χ1v) is 10.7. The van der Waals surface area contributed by atoms with E-state index < -0.39 is 11.9 Å². The summed E-state index contributed by atoms with van der Waals surface area (Å²) in [6, 6.07) is 8.10. The summed E-state index contributed by atoms with van der Waals surface area (Å²) in [4.78, 5) is 19.1. The first kappa shape index (κ1) is 20.8. The van der Waals surface area contributed by atoms with Gasteiger partial charge in [0.1, 0.15) is 17.5 Å². The zero-order valence-electron chi connectivity index (χ0n) is 17.8. The molecule has 1 saturated heterocycles. The zero-order chi connectivity index (χ0) is 22.6. The van der Waals surface area contributed by atoms with Crippen molar-refractivity contribution in [1.29, 1.82) is 0 Å². The smallest absolute Gasteiger partial charge is 0.433 e. The molecule has 3 aromatic rings. The minimum absolute atomic E-state index is 0.0780. The Morgan fingerprint density at radius 1 is 1.22 bits per heavy atom. The highest BCUT2D eigenvalue weighted by Crippen LogP contribution is 2.33. The fraction of sp³-hybridized carbons (Fsp3) is 0.435. The highest BCUT2D eigenvalue weighted by atomic mass is 19.4. The van der Waals surface area contributed by atoms with Crippen LogP contribution in [0.3, 0.4) is 0 Å². The third kappa shape index (κ3) is 3.69. The first-order chi connectivity index (χ1) is 15.2. The summed E-state index contributed by atoms with van der Waals surface area (Å²) < 4.78 is 47.0. The molecule has 9 heteroatoms. The van der Waals surface area contributed by atoms with Gasteiger partial charge in [-0.25, -0.2) is 9.50 Å². The van der Waals surface area contributed by atoms with E-state index in [0.717, 1.165) is 41.2 Å². The Bertz CT molecular complexity index is 1200. The summed E-state index contributed by atoms with van der Waals surface area (Å²) in [7, 11) is 0. The Balaban J connectivity index is 1.40. The number of carbonyl (C=O) groups is 1. The molecule has 0 spiro atoms. The molecule has 5 rings (SSSR count). The Kier molecular flexibility index (Phi) is 4.87. The van der Waals surface area contributed by atoms with E-state index in [-0.39, 0.29) is 29.3 Å². The lowest BCUT2D eigenvalue weighted by molar-refractivity contribution is -0.142. The fourth-order valence-corrected chi connectivity index (χ4v) is 4.66. The predicted octanol–water partition coefficient (Wildman–Crippen LogP) is 4.40. The number of benzene rings is 1. The van der Waals surface area contributed by atoms with Gasteiger partial charge in [-0.1, -0.05) is 0 Å². The minimum Gasteiger partial charge on any atom is -0.490 e. The Morgan fingerprint density at radius 3 is 2.81 bits per heavy atom. The summed E-state index contributed by atoms with van der Waals surface area (Å²) in [5.41, 5.74) is 1.77. The number of aromatic nitrogens is 3. The molecule has 0 saturated carbocycles. The number of aryl methyl sites for hydroxylation is 1. The van der Waals surface area contributed by atoms with E-state index in [2.05, 4.69) is 10.1 Å². The fourth-order valence-electron chi connectivity index (χ4n) is 4.66. The lowest BCUT2D eigenvalue weighted by Gasteiger charge is -2.32. The lowest BCUT2D eigenvalue weighted by atomic mass is 9.94. The van der Waals surface area contributed by atoms with Gasteiger partial charge in [-0.2, -0.15) is 18.3 Å². The number of fused-ring (bicyclic) bond motifs is 2. The molecule has 32 heavy (non-hydrogen) atoms. The summed E-state index contributed by atoms with van der Waals surface area (Å²) in [6.45, 7) is 4.54. The van der Waals surface area contributed by atoms with Crippen molar-refractivity contribution < 1.29 is 22.7 Å². The van der Waals surface area contributed by atoms with Crippen molar-refractivity contribution in [2.24, 2.45) is 0 Å². The number of rotatable bonds is 2. The molecule has 2 atom stereocenters. The highest BCUT2D eigenvalue weighted by Gasteiger charge is 2.36. The predicted molar refractivity (Wildman–Crippen MR) is 111 cm³/mol. The van der Waals surface area contributed by atoms with Crippen molar-refractivity contribution in [3.8, 4) is 5.75 Å². The molecule has 0 aliphatic carbocycles. The van der Waals surface area contributed by atoms with Crippen LogP contribution in [-0.4, -0.2) is 44.6 Å². The zero-order valence-corrected chi connectivity index (χ0v) is 17.8. The molecule has 168 valence electrons. The average Bonchev–Trinajstić information content (AvgIpc) is 3.33. The molecule has 0 N–H and O–H groups in total. The molecular formula is C23H23F3N4O2. The van der Waals surface area contributed by atoms with E-state index in [1.807, 2.05) is 19.1 Å². The topological polar surface area (TPSA) is 59.7 Å². The Labute approximate surface area is 183 Å². The largest absolute Gasteiger partial charge is 0.490 e. The Morgan fingerprint density at radius 2 is 2.03 bits per heavy atom. The molecule has 1 fully saturated rings. The van der Waals surface area contributed by atoms with Crippen LogP contribution in [0.4, 0.5) is 13.2 Å². The van der Waals surface area contributed by atoms with Gasteiger partial charge in [0.05, 0.1) is 5.69 Å². The monoisotopic (exact) mass is 444 g/mol. The van der Waals surface area contributed by atoms with Crippen LogP contribution in [0.15, 0.2) is 30.3 Å². The standard InChI is InChI=1S/C23H23F3N4O2/c1-13-8-20(23(24,25)26)30-21(27-13)11-18(28-30)16-4-3-7-29(12-16)22(31)15-5-6-19-17(10-15)9-14(2)32-19/h5-6,8,10-11,14,16H,3-4,7,9,12H2,1-2H3/t14-,16+/m0/s1. The average molecular weight is 444 g/mol. The van der Waals surface area contributed by atoms with Gasteiger partial charge in [-0.05, 0) is 56.5 Å². The van der Waals surface area contributed by atoms with Crippen LogP contribution in [0.25, 0.3) is 5.65 Å². The number of ether oxygens (including phenoxy) is 1. The van der Waals surface area contributed by atoms with Crippen molar-refractivity contribution >= 4 is 11.6 Å². The van der Waals surface area contributed by atoms with Crippen LogP contribution in [-0.2, 0) is 12.6 Å². The van der Waals surface area contributed by atoms with Crippen molar-refractivity contribution in [2.45, 2.75) is 51.3 Å². The SMILES string of the molecule is Cc1cc(C(F)(F)F)n2nc([C@@H]3CCCN(C(=O)c4ccc5c(c4)C[C@H](C)O5)C3)cc2n1. The van der Waals surface area contributed by atoms with E-state index in [1.165, 1.54) is 6.92 Å². The Hall–Kier alpha value is -3.10. The van der Waals surface area contributed by atoms with Crippen molar-refractivity contribution in [3.05, 3.63) is 58.5 Å². The van der Waals surface area contributed by atoms with Crippen LogP contribution in [0.1, 0.15) is 58.7 Å². The number of amides is 1. The van der Waals surface area contributed by atoms with Gasteiger partial charge >= 0.3 is 6.18 Å². The molecule has 2 aliphatic heterocycles. The number of nitrogens with zero attached hydrogens (tertiary/aromatic N) is 4. The van der Waals surface area contributed by atoms with Crippen LogP contribution in [0, 0.1) is 6.92 Å². The second-order valence-electron chi connectivity index (χ2n) is 8.67. The van der Waals surface area contributed by atoms with E-state index in [4.69, 9.17) is 4.74 Å². The third-order valence-corrected chi connectivity index (χ3v) is 6.13. The van der Waals surface area contributed by atoms with E-state index >= 15 is 0 Å². The normalized spacial score (nSPS) is 21.0. The number of alkyl halides is 3. The molecular weight excluding hydrogens is 421 g/mol.